The molecule has 3 heteroatoms. The van der Waals surface area contributed by atoms with Gasteiger partial charge in [0, 0.05) is 8.07 Å². The lowest BCUT2D eigenvalue weighted by Crippen LogP contribution is -2.54. The van der Waals surface area contributed by atoms with Crippen LogP contribution in [0.4, 0.5) is 0 Å². The molecule has 0 radical (unpaired) electrons. The van der Waals surface area contributed by atoms with Gasteiger partial charge in [-0.05, 0) is 5.16 Å². The maximum absolute atomic E-state index is 6.65. The molecule has 0 spiro atoms. The van der Waals surface area contributed by atoms with Crippen LogP contribution in [0.3, 0.4) is 0 Å². The normalized spacial score (nSPS) is 14.7. The molecule has 0 bridgehead atoms. The summed E-state index contributed by atoms with van der Waals surface area (Å²) in [7, 11) is -2.61. The van der Waals surface area contributed by atoms with E-state index in [1.807, 2.05) is 0 Å². The Morgan fingerprint density at radius 2 is 1.32 bits per heavy atom. The zero-order valence-corrected chi connectivity index (χ0v) is 16.5. The Bertz CT molecular complexity index is 221. The summed E-state index contributed by atoms with van der Waals surface area (Å²) in [6, 6.07) is 1.50. The van der Waals surface area contributed by atoms with Gasteiger partial charge in [-0.1, -0.05) is 97.4 Å². The third-order valence-electron chi connectivity index (χ3n) is 4.61. The summed E-state index contributed by atoms with van der Waals surface area (Å²) < 4.78 is 0. The smallest absolute Gasteiger partial charge is 0.117 e. The summed E-state index contributed by atoms with van der Waals surface area (Å²) in [4.78, 5) is 0. The van der Waals surface area contributed by atoms with Gasteiger partial charge in [0.1, 0.15) is 8.24 Å². The molecule has 0 aromatic carbocycles. The molecule has 0 aromatic rings. The Labute approximate surface area is 124 Å². The minimum Gasteiger partial charge on any atom is -0.351 e. The first-order chi connectivity index (χ1) is 8.75. The zero-order chi connectivity index (χ0) is 14.9. The van der Waals surface area contributed by atoms with E-state index in [9.17, 15) is 0 Å². The van der Waals surface area contributed by atoms with Gasteiger partial charge in [0.15, 0.2) is 0 Å². The molecule has 0 saturated heterocycles. The average molecular weight is 302 g/mol. The monoisotopic (exact) mass is 301 g/mol. The van der Waals surface area contributed by atoms with Crippen LogP contribution in [-0.2, 0) is 0 Å². The van der Waals surface area contributed by atoms with Crippen molar-refractivity contribution in [1.29, 1.82) is 0 Å². The van der Waals surface area contributed by atoms with Crippen LogP contribution in [-0.4, -0.2) is 16.3 Å². The molecule has 1 atom stereocenters. The predicted octanol–water partition coefficient (Wildman–Crippen LogP) is 5.93. The van der Waals surface area contributed by atoms with Crippen LogP contribution in [0.1, 0.15) is 65.2 Å². The summed E-state index contributed by atoms with van der Waals surface area (Å²) in [5.74, 6) is 0. The maximum Gasteiger partial charge on any atom is 0.117 e. The van der Waals surface area contributed by atoms with Gasteiger partial charge in [0.25, 0.3) is 0 Å². The summed E-state index contributed by atoms with van der Waals surface area (Å²) in [5, 5.41) is 7.56. The Morgan fingerprint density at radius 1 is 0.789 bits per heavy atom. The van der Waals surface area contributed by atoms with E-state index in [0.29, 0.717) is 0 Å². The van der Waals surface area contributed by atoms with Gasteiger partial charge in [-0.15, -0.1) is 0 Å². The van der Waals surface area contributed by atoms with E-state index in [1.165, 1.54) is 57.4 Å². The summed E-state index contributed by atoms with van der Waals surface area (Å²) in [6.07, 6.45) is 11.2. The van der Waals surface area contributed by atoms with E-state index in [-0.39, 0.29) is 0 Å². The van der Waals surface area contributed by atoms with Crippen molar-refractivity contribution in [3.63, 3.8) is 0 Å². The molecule has 116 valence electrons. The Balaban J connectivity index is 4.44. The van der Waals surface area contributed by atoms with Crippen molar-refractivity contribution in [3.05, 3.63) is 0 Å². The lowest BCUT2D eigenvalue weighted by atomic mass is 10.2. The van der Waals surface area contributed by atoms with E-state index in [2.05, 4.69) is 40.0 Å². The van der Waals surface area contributed by atoms with Crippen molar-refractivity contribution in [2.75, 3.05) is 0 Å². The van der Waals surface area contributed by atoms with Crippen LogP contribution in [0.5, 0.6) is 0 Å². The van der Waals surface area contributed by atoms with Crippen LogP contribution in [0.25, 0.3) is 0 Å². The molecule has 0 amide bonds. The fraction of sp³-hybridized carbons (Fsp3) is 1.00. The minimum atomic E-state index is -1.48. The van der Waals surface area contributed by atoms with Crippen molar-refractivity contribution < 1.29 is 0 Å². The topological polar surface area (TPSA) is 26.0 Å². The molecule has 0 rings (SSSR count). The highest BCUT2D eigenvalue weighted by atomic mass is 28.4. The number of nitrogens with two attached hydrogens (primary N) is 1. The largest absolute Gasteiger partial charge is 0.351 e. The second-order valence-electron chi connectivity index (χ2n) is 7.67. The van der Waals surface area contributed by atoms with Crippen molar-refractivity contribution >= 4 is 16.3 Å². The first-order valence-corrected chi connectivity index (χ1v) is 15.0. The Morgan fingerprint density at radius 3 is 1.79 bits per heavy atom. The first-order valence-electron chi connectivity index (χ1n) is 8.54. The van der Waals surface area contributed by atoms with Gasteiger partial charge >= 0.3 is 0 Å². The zero-order valence-electron chi connectivity index (χ0n) is 14.5. The Hall–Kier alpha value is 0.394. The lowest BCUT2D eigenvalue weighted by Gasteiger charge is -2.40. The molecule has 0 aliphatic carbocycles. The second-order valence-corrected chi connectivity index (χ2v) is 17.8. The minimum absolute atomic E-state index is 0.910. The molecule has 0 aliphatic rings. The molecule has 0 saturated carbocycles. The van der Waals surface area contributed by atoms with Crippen molar-refractivity contribution in [2.24, 2.45) is 5.40 Å². The molecule has 0 heterocycles. The van der Waals surface area contributed by atoms with Crippen LogP contribution < -0.4 is 5.40 Å². The standard InChI is InChI=1S/C16H39NSi2/c1-7-9-11-13-15-18(3,4)16(19(5,6)17)14-12-10-8-2/h16H,7-15,17H2,1-6H3. The highest BCUT2D eigenvalue weighted by Gasteiger charge is 2.40. The molecular weight excluding hydrogens is 262 g/mol. The molecule has 0 fully saturated rings. The molecule has 19 heavy (non-hydrogen) atoms. The molecular formula is C16H39NSi2. The molecule has 1 nitrogen and oxygen atoms in total. The predicted molar refractivity (Wildman–Crippen MR) is 96.0 cm³/mol. The molecule has 0 aromatic heterocycles. The van der Waals surface area contributed by atoms with Gasteiger partial charge in [0.05, 0.1) is 0 Å². The van der Waals surface area contributed by atoms with Gasteiger partial charge < -0.3 is 5.40 Å². The van der Waals surface area contributed by atoms with E-state index >= 15 is 0 Å². The third-order valence-corrected chi connectivity index (χ3v) is 15.1. The number of rotatable bonds is 11. The van der Waals surface area contributed by atoms with Crippen LogP contribution in [0, 0.1) is 0 Å². The summed E-state index contributed by atoms with van der Waals surface area (Å²) in [5.41, 5.74) is 0. The fourth-order valence-electron chi connectivity index (χ4n) is 3.55. The van der Waals surface area contributed by atoms with Gasteiger partial charge in [-0.2, -0.15) is 0 Å². The van der Waals surface area contributed by atoms with Crippen molar-refractivity contribution in [1.82, 2.24) is 0 Å². The fourth-order valence-corrected chi connectivity index (χ4v) is 15.5. The maximum atomic E-state index is 6.65. The summed E-state index contributed by atoms with van der Waals surface area (Å²) in [6.45, 7) is 14.6. The Kier molecular flexibility index (Phi) is 9.55. The SMILES string of the molecule is CCCCCC[Si](C)(C)C(CCCCC)[Si](C)(C)N. The quantitative estimate of drug-likeness (QED) is 0.371. The van der Waals surface area contributed by atoms with Crippen LogP contribution in [0.15, 0.2) is 0 Å². The van der Waals surface area contributed by atoms with Crippen LogP contribution in [0.2, 0.25) is 37.4 Å². The number of unbranched alkanes of at least 4 members (excludes halogenated alkanes) is 5. The third kappa shape index (κ3) is 8.31. The average Bonchev–Trinajstić information content (AvgIpc) is 2.28. The first kappa shape index (κ1) is 19.4. The number of hydrogen-bond donors (Lipinski definition) is 1. The van der Waals surface area contributed by atoms with E-state index < -0.39 is 16.3 Å². The highest BCUT2D eigenvalue weighted by molar-refractivity contribution is 6.96. The van der Waals surface area contributed by atoms with Crippen molar-refractivity contribution in [2.45, 2.75) is 103 Å². The van der Waals surface area contributed by atoms with E-state index in [4.69, 9.17) is 5.40 Å². The summed E-state index contributed by atoms with van der Waals surface area (Å²) >= 11 is 0. The number of hydrogen-bond acceptors (Lipinski definition) is 1. The van der Waals surface area contributed by atoms with Crippen molar-refractivity contribution in [3.8, 4) is 0 Å². The second kappa shape index (κ2) is 9.35. The molecule has 1 unspecified atom stereocenters. The lowest BCUT2D eigenvalue weighted by molar-refractivity contribution is 0.664. The van der Waals surface area contributed by atoms with E-state index in [1.54, 1.807) is 0 Å². The molecule has 0 aliphatic heterocycles. The van der Waals surface area contributed by atoms with Crippen LogP contribution >= 0.6 is 0 Å². The van der Waals surface area contributed by atoms with Gasteiger partial charge in [0.2, 0.25) is 0 Å². The van der Waals surface area contributed by atoms with Gasteiger partial charge in [-0.3, -0.25) is 0 Å². The highest BCUT2D eigenvalue weighted by Crippen LogP contribution is 2.37. The van der Waals surface area contributed by atoms with Gasteiger partial charge in [-0.25, -0.2) is 0 Å². The van der Waals surface area contributed by atoms with E-state index in [0.717, 1.165) is 5.16 Å². The molecule has 2 N–H and O–H groups in total.